The molecule has 33 heavy (non-hydrogen) atoms. The van der Waals surface area contributed by atoms with Gasteiger partial charge in [0.05, 0.1) is 12.2 Å². The molecule has 0 unspecified atom stereocenters. The lowest BCUT2D eigenvalue weighted by molar-refractivity contribution is -0.134. The third-order valence-corrected chi connectivity index (χ3v) is 5.70. The highest BCUT2D eigenvalue weighted by molar-refractivity contribution is 6.00. The van der Waals surface area contributed by atoms with Crippen LogP contribution < -0.4 is 10.2 Å². The van der Waals surface area contributed by atoms with Gasteiger partial charge in [-0.25, -0.2) is 4.39 Å². The standard InChI is InChI=1S/C24H25FN4O4/c25-17-3-5-18(6-4-17)28-11-13-29(14-12-28)24(33)21(16-30)26-23(32)20-15-19(7-8-22(20)31)27-9-1-2-10-27/h1-10,15,21,30-31H,11-14,16H2,(H,26,32)/t21-/m0/s1. The molecule has 2 heterocycles. The van der Waals surface area contributed by atoms with E-state index in [4.69, 9.17) is 0 Å². The average molecular weight is 452 g/mol. The first kappa shape index (κ1) is 22.3. The number of anilines is 1. The molecule has 3 N–H and O–H groups in total. The van der Waals surface area contributed by atoms with E-state index in [-0.39, 0.29) is 17.1 Å². The average Bonchev–Trinajstić information content (AvgIpc) is 3.38. The second kappa shape index (κ2) is 9.74. The van der Waals surface area contributed by atoms with Gasteiger partial charge in [-0.15, -0.1) is 0 Å². The summed E-state index contributed by atoms with van der Waals surface area (Å²) in [5.74, 6) is -1.58. The Morgan fingerprint density at radius 1 is 0.970 bits per heavy atom. The first-order valence-electron chi connectivity index (χ1n) is 10.6. The highest BCUT2D eigenvalue weighted by Gasteiger charge is 2.29. The number of rotatable bonds is 6. The van der Waals surface area contributed by atoms with E-state index >= 15 is 0 Å². The summed E-state index contributed by atoms with van der Waals surface area (Å²) in [5.41, 5.74) is 1.55. The molecule has 4 rings (SSSR count). The van der Waals surface area contributed by atoms with Gasteiger partial charge in [-0.2, -0.15) is 0 Å². The molecule has 0 radical (unpaired) electrons. The predicted molar refractivity (Wildman–Crippen MR) is 121 cm³/mol. The summed E-state index contributed by atoms with van der Waals surface area (Å²) < 4.78 is 14.9. The topological polar surface area (TPSA) is 98.0 Å². The number of carbonyl (C=O) groups excluding carboxylic acids is 2. The number of phenols is 1. The maximum Gasteiger partial charge on any atom is 0.255 e. The molecule has 1 aliphatic heterocycles. The van der Waals surface area contributed by atoms with Gasteiger partial charge in [0, 0.05) is 49.9 Å². The number of aromatic nitrogens is 1. The number of piperazine rings is 1. The Labute approximate surface area is 190 Å². The number of amides is 2. The van der Waals surface area contributed by atoms with Crippen LogP contribution in [0.1, 0.15) is 10.4 Å². The predicted octanol–water partition coefficient (Wildman–Crippen LogP) is 1.76. The van der Waals surface area contributed by atoms with E-state index in [0.29, 0.717) is 31.9 Å². The van der Waals surface area contributed by atoms with Gasteiger partial charge in [0.25, 0.3) is 5.91 Å². The number of benzene rings is 2. The molecular formula is C24H25FN4O4. The normalized spacial score (nSPS) is 14.7. The van der Waals surface area contributed by atoms with Crippen LogP contribution in [0.5, 0.6) is 5.75 Å². The van der Waals surface area contributed by atoms with Gasteiger partial charge >= 0.3 is 0 Å². The van der Waals surface area contributed by atoms with Crippen molar-refractivity contribution in [3.63, 3.8) is 0 Å². The van der Waals surface area contributed by atoms with E-state index in [1.165, 1.54) is 24.3 Å². The molecule has 1 aliphatic rings. The minimum Gasteiger partial charge on any atom is -0.507 e. The molecule has 0 aliphatic carbocycles. The Morgan fingerprint density at radius 2 is 1.61 bits per heavy atom. The van der Waals surface area contributed by atoms with Crippen molar-refractivity contribution < 1.29 is 24.2 Å². The number of hydrogen-bond donors (Lipinski definition) is 3. The van der Waals surface area contributed by atoms with Crippen LogP contribution in [0.3, 0.4) is 0 Å². The lowest BCUT2D eigenvalue weighted by atomic mass is 10.1. The molecule has 0 bridgehead atoms. The second-order valence-corrected chi connectivity index (χ2v) is 7.79. The fraction of sp³-hybridized carbons (Fsp3) is 0.250. The third-order valence-electron chi connectivity index (χ3n) is 5.70. The fourth-order valence-corrected chi connectivity index (χ4v) is 3.85. The molecule has 172 valence electrons. The Bertz CT molecular complexity index is 1110. The molecule has 1 aromatic heterocycles. The van der Waals surface area contributed by atoms with Gasteiger partial charge in [-0.1, -0.05) is 0 Å². The van der Waals surface area contributed by atoms with Crippen molar-refractivity contribution in [2.45, 2.75) is 6.04 Å². The molecule has 8 nitrogen and oxygen atoms in total. The van der Waals surface area contributed by atoms with Gasteiger partial charge in [-0.3, -0.25) is 9.59 Å². The van der Waals surface area contributed by atoms with Crippen molar-refractivity contribution in [3.05, 3.63) is 78.4 Å². The number of carbonyl (C=O) groups is 2. The van der Waals surface area contributed by atoms with Gasteiger partial charge in [0.2, 0.25) is 5.91 Å². The lowest BCUT2D eigenvalue weighted by Gasteiger charge is -2.37. The smallest absolute Gasteiger partial charge is 0.255 e. The summed E-state index contributed by atoms with van der Waals surface area (Å²) in [5, 5.41) is 22.5. The monoisotopic (exact) mass is 452 g/mol. The fourth-order valence-electron chi connectivity index (χ4n) is 3.85. The maximum atomic E-state index is 13.1. The number of aromatic hydroxyl groups is 1. The van der Waals surface area contributed by atoms with Crippen molar-refractivity contribution in [2.75, 3.05) is 37.7 Å². The summed E-state index contributed by atoms with van der Waals surface area (Å²) >= 11 is 0. The van der Waals surface area contributed by atoms with E-state index in [1.54, 1.807) is 40.1 Å². The van der Waals surface area contributed by atoms with Gasteiger partial charge in [-0.05, 0) is 54.6 Å². The van der Waals surface area contributed by atoms with Crippen molar-refractivity contribution in [2.24, 2.45) is 0 Å². The number of nitrogens with zero attached hydrogens (tertiary/aromatic N) is 3. The number of nitrogens with one attached hydrogen (secondary N) is 1. The second-order valence-electron chi connectivity index (χ2n) is 7.79. The quantitative estimate of drug-likeness (QED) is 0.530. The Kier molecular flexibility index (Phi) is 6.60. The van der Waals surface area contributed by atoms with Crippen LogP contribution in [0, 0.1) is 5.82 Å². The summed E-state index contributed by atoms with van der Waals surface area (Å²) in [6.07, 6.45) is 3.61. The van der Waals surface area contributed by atoms with Crippen LogP contribution in [0.25, 0.3) is 5.69 Å². The zero-order valence-corrected chi connectivity index (χ0v) is 17.9. The molecule has 3 aromatic rings. The van der Waals surface area contributed by atoms with Gasteiger partial charge < -0.3 is 29.9 Å². The molecule has 1 atom stereocenters. The number of phenolic OH excluding ortho intramolecular Hbond substituents is 1. The van der Waals surface area contributed by atoms with Crippen LogP contribution in [-0.4, -0.2) is 70.3 Å². The Balaban J connectivity index is 1.40. The van der Waals surface area contributed by atoms with E-state index in [2.05, 4.69) is 5.32 Å². The number of aliphatic hydroxyl groups is 1. The molecule has 9 heteroatoms. The highest BCUT2D eigenvalue weighted by atomic mass is 19.1. The molecular weight excluding hydrogens is 427 g/mol. The Morgan fingerprint density at radius 3 is 2.24 bits per heavy atom. The van der Waals surface area contributed by atoms with Crippen LogP contribution >= 0.6 is 0 Å². The number of hydrogen-bond acceptors (Lipinski definition) is 5. The SMILES string of the molecule is O=C(N[C@@H](CO)C(=O)N1CCN(c2ccc(F)cc2)CC1)c1cc(-n2cccc2)ccc1O. The van der Waals surface area contributed by atoms with Crippen LogP contribution in [0.2, 0.25) is 0 Å². The van der Waals surface area contributed by atoms with E-state index in [1.807, 2.05) is 17.0 Å². The largest absolute Gasteiger partial charge is 0.507 e. The minimum absolute atomic E-state index is 0.00794. The van der Waals surface area contributed by atoms with Crippen LogP contribution in [0.15, 0.2) is 67.0 Å². The maximum absolute atomic E-state index is 13.1. The zero-order valence-electron chi connectivity index (χ0n) is 17.9. The van der Waals surface area contributed by atoms with Crippen molar-refractivity contribution in [3.8, 4) is 11.4 Å². The van der Waals surface area contributed by atoms with E-state index in [0.717, 1.165) is 5.69 Å². The molecule has 2 amide bonds. The molecule has 0 saturated carbocycles. The summed E-state index contributed by atoms with van der Waals surface area (Å²) in [6, 6.07) is 13.3. The third kappa shape index (κ3) is 4.98. The first-order chi connectivity index (χ1) is 16.0. The van der Waals surface area contributed by atoms with Crippen LogP contribution in [-0.2, 0) is 4.79 Å². The van der Waals surface area contributed by atoms with Crippen molar-refractivity contribution in [1.82, 2.24) is 14.8 Å². The zero-order chi connectivity index (χ0) is 23.4. The molecule has 1 saturated heterocycles. The van der Waals surface area contributed by atoms with Crippen molar-refractivity contribution >= 4 is 17.5 Å². The van der Waals surface area contributed by atoms with E-state index < -0.39 is 24.5 Å². The minimum atomic E-state index is -1.13. The summed E-state index contributed by atoms with van der Waals surface area (Å²) in [6.45, 7) is 1.32. The van der Waals surface area contributed by atoms with Gasteiger partial charge in [0.15, 0.2) is 0 Å². The lowest BCUT2D eigenvalue weighted by Crippen LogP contribution is -2.56. The molecule has 2 aromatic carbocycles. The molecule has 1 fully saturated rings. The summed E-state index contributed by atoms with van der Waals surface area (Å²) in [4.78, 5) is 29.4. The number of halogens is 1. The van der Waals surface area contributed by atoms with Crippen molar-refractivity contribution in [1.29, 1.82) is 0 Å². The Hall–Kier alpha value is -3.85. The summed E-state index contributed by atoms with van der Waals surface area (Å²) in [7, 11) is 0. The first-order valence-corrected chi connectivity index (χ1v) is 10.6. The number of aliphatic hydroxyl groups excluding tert-OH is 1. The van der Waals surface area contributed by atoms with E-state index in [9.17, 15) is 24.2 Å². The molecule has 0 spiro atoms. The van der Waals surface area contributed by atoms with Crippen LogP contribution in [0.4, 0.5) is 10.1 Å². The highest BCUT2D eigenvalue weighted by Crippen LogP contribution is 2.22. The van der Waals surface area contributed by atoms with Gasteiger partial charge in [0.1, 0.15) is 17.6 Å².